The molecule has 0 aliphatic carbocycles. The van der Waals surface area contributed by atoms with Crippen molar-refractivity contribution in [3.63, 3.8) is 0 Å². The number of hydrogen-bond donors (Lipinski definition) is 0. The Hall–Kier alpha value is -4.17. The Morgan fingerprint density at radius 2 is 0.518 bits per heavy atom. The predicted octanol–water partition coefficient (Wildman–Crippen LogP) is 40.9. The first kappa shape index (κ1) is 110. The maximum absolute atomic E-state index is 5.14. The van der Waals surface area contributed by atoms with Crippen molar-refractivity contribution in [2.45, 2.75) is 342 Å². The normalized spacial score (nSPS) is 16.0. The fourth-order valence-corrected chi connectivity index (χ4v) is 57.8. The zero-order valence-electron chi connectivity index (χ0n) is 87.4. The summed E-state index contributed by atoms with van der Waals surface area (Å²) in [6.45, 7) is 35.7. The van der Waals surface area contributed by atoms with E-state index < -0.39 is 34.5 Å². The zero-order valence-corrected chi connectivity index (χ0v) is 104. The molecule has 0 amide bonds. The van der Waals surface area contributed by atoms with Gasteiger partial charge in [0.2, 0.25) is 0 Å². The number of hydrogen-bond acceptors (Lipinski definition) is 19. The first-order valence-corrected chi connectivity index (χ1v) is 80.1. The fraction of sp³-hybridized carbons (Fsp3) is 0.508. The predicted molar refractivity (Wildman–Crippen MR) is 654 cm³/mol. The second-order valence-electron chi connectivity index (χ2n) is 42.0. The van der Waals surface area contributed by atoms with Crippen LogP contribution in [0, 0.1) is 48.3 Å². The topological polar surface area (TPSA) is 77.3 Å². The Labute approximate surface area is 913 Å². The van der Waals surface area contributed by atoms with Crippen LogP contribution in [-0.4, -0.2) is 60.8 Å². The Kier molecular flexibility index (Phi) is 40.1. The standard InChI is InChI=1S/C68H82N4S8Si.C25H39S2Si.C22H23BrN2S3.3CH3.Sn/c1-9-17-21-43(13-5)37-47-25-31-55(73-47)57-35-33-53(75-57)49-27-29-51(65-63(49)69-79-71-65)59-39-61-67(77-59)68-62(81(61,41-45(15-7)23-19-11-3)42-46(16-8)24-20-12-4)40-60(78-68)52-30-28-50(64-66(52)72-80-70-64)54-34-36-58(76-54)56-32-26-48(74-56)38-44(14-6)22-18-10-2;1-6-10-12-20(8-3)17-28(18-21(9-4)13-11-7-2)22-14-15-26-24(22)25-23(28)16-19(5)27-25;1-3-5-6-14(4-2)13-15-7-10-19(26-15)20-12-11-18(27-20)16-8-9-17(23)22-21(16)24-28-25-22;;;;/h25-36,39-40,43-46H,9-24,37-38,41-42H2,1-8H3;14,16,20-21H,6-13,17-18H2,1-5H3;7-12,14H,3-6,13H2,1-2H3;3*1H3;. The molecule has 0 saturated heterocycles. The molecule has 0 spiro atoms. The summed E-state index contributed by atoms with van der Waals surface area (Å²) in [6.07, 6.45) is 40.6. The second-order valence-corrected chi connectivity index (χ2v) is 79.1. The van der Waals surface area contributed by atoms with Crippen LogP contribution in [0.5, 0.6) is 0 Å². The van der Waals surface area contributed by atoms with E-state index in [4.69, 9.17) is 17.5 Å². The molecule has 6 nitrogen and oxygen atoms in total. The van der Waals surface area contributed by atoms with Gasteiger partial charge in [-0.05, 0) is 178 Å². The molecule has 15 heterocycles. The number of benzene rings is 3. The van der Waals surface area contributed by atoms with Gasteiger partial charge >= 0.3 is 214 Å². The van der Waals surface area contributed by atoms with Crippen LogP contribution in [0.1, 0.15) is 296 Å². The van der Waals surface area contributed by atoms with Crippen LogP contribution >= 0.6 is 164 Å². The van der Waals surface area contributed by atoms with E-state index in [0.717, 1.165) is 67.2 Å². The van der Waals surface area contributed by atoms with Crippen LogP contribution in [0.15, 0.2) is 138 Å². The van der Waals surface area contributed by atoms with Crippen molar-refractivity contribution in [3.05, 3.63) is 157 Å². The van der Waals surface area contributed by atoms with Crippen LogP contribution in [-0.2, 0) is 19.3 Å². The van der Waals surface area contributed by atoms with Gasteiger partial charge in [0, 0.05) is 110 Å². The molecule has 0 N–H and O–H groups in total. The van der Waals surface area contributed by atoms with Crippen LogP contribution in [0.4, 0.5) is 0 Å². The molecule has 752 valence electrons. The molecule has 3 aromatic carbocycles. The molecular weight excluding hydrogens is 2170 g/mol. The number of nitrogens with zero attached hydrogens (tertiary/aromatic N) is 6. The Morgan fingerprint density at radius 3 is 0.837 bits per heavy atom. The van der Waals surface area contributed by atoms with E-state index in [-0.39, 0.29) is 0 Å². The number of aryl methyl sites for hydroxylation is 1. The van der Waals surface area contributed by atoms with Crippen molar-refractivity contribution in [2.75, 3.05) is 0 Å². The van der Waals surface area contributed by atoms with Crippen LogP contribution < -0.4 is 23.6 Å². The van der Waals surface area contributed by atoms with Gasteiger partial charge in [-0.1, -0.05) is 228 Å². The molecule has 16 aromatic rings. The van der Waals surface area contributed by atoms with Crippen LogP contribution in [0.25, 0.3) is 134 Å². The summed E-state index contributed by atoms with van der Waals surface area (Å²) >= 11 is 25.5. The zero-order chi connectivity index (χ0) is 99.1. The molecule has 0 bridgehead atoms. The molecule has 23 heteroatoms. The molecule has 0 saturated carbocycles. The number of thiophene rings is 10. The van der Waals surface area contributed by atoms with Crippen molar-refractivity contribution in [1.82, 2.24) is 26.2 Å². The Morgan fingerprint density at radius 1 is 0.262 bits per heavy atom. The van der Waals surface area contributed by atoms with E-state index in [1.165, 1.54) is 364 Å². The van der Waals surface area contributed by atoms with Gasteiger partial charge in [0.05, 0.1) is 35.2 Å². The van der Waals surface area contributed by atoms with Gasteiger partial charge < -0.3 is 0 Å². The minimum atomic E-state index is -2.33. The maximum Gasteiger partial charge on any atom is 0.122 e. The largest absolute Gasteiger partial charge is 0.172 e. The van der Waals surface area contributed by atoms with Gasteiger partial charge in [0.1, 0.15) is 41.2 Å². The summed E-state index contributed by atoms with van der Waals surface area (Å²) in [5.74, 6) is 5.60. The molecule has 0 fully saturated rings. The molecule has 2 aliphatic rings. The molecule has 7 unspecified atom stereocenters. The van der Waals surface area contributed by atoms with Gasteiger partial charge in [-0.3, -0.25) is 0 Å². The summed E-state index contributed by atoms with van der Waals surface area (Å²) in [6, 6.07) is 58.1. The van der Waals surface area contributed by atoms with Crippen LogP contribution in [0.2, 0.25) is 39.0 Å². The quantitative estimate of drug-likeness (QED) is 0.0354. The van der Waals surface area contributed by atoms with Crippen molar-refractivity contribution in [2.24, 2.45) is 41.4 Å². The monoisotopic (exact) mass is 2320 g/mol. The third-order valence-corrected chi connectivity index (χ3v) is 66.4. The Bertz CT molecular complexity index is 6420. The van der Waals surface area contributed by atoms with Crippen molar-refractivity contribution < 1.29 is 0 Å². The number of halogens is 1. The average Bonchev–Trinajstić information content (AvgIpc) is 1.53. The molecule has 18 rings (SSSR count). The summed E-state index contributed by atoms with van der Waals surface area (Å²) in [5.41, 5.74) is 12.2. The van der Waals surface area contributed by atoms with E-state index in [2.05, 4.69) is 299 Å². The summed E-state index contributed by atoms with van der Waals surface area (Å²) in [7, 11) is -4.05. The number of rotatable bonds is 51. The molecule has 2 aliphatic heterocycles. The smallest absolute Gasteiger partial charge is 0.122 e. The number of fused-ring (bicyclic) bond motifs is 9. The fourth-order valence-electron chi connectivity index (χ4n) is 22.5. The van der Waals surface area contributed by atoms with E-state index in [9.17, 15) is 0 Å². The Balaban J connectivity index is 0.000000193. The summed E-state index contributed by atoms with van der Waals surface area (Å²) in [5, 5.41) is 7.17. The summed E-state index contributed by atoms with van der Waals surface area (Å²) < 4.78 is 32.2. The van der Waals surface area contributed by atoms with Crippen molar-refractivity contribution in [3.8, 4) is 101 Å². The second kappa shape index (κ2) is 51.6. The van der Waals surface area contributed by atoms with Crippen molar-refractivity contribution in [1.29, 1.82) is 0 Å². The van der Waals surface area contributed by atoms with E-state index in [1.54, 1.807) is 25.0 Å². The SMILES string of the molecule is CCCCC(CC)C[Si]1(CC(CC)CCCC)c2cc(C)sc2-c2s[c]([Sn]([CH3])([CH3])[CH3])cc21.CCCCC(CC)Cc1ccc(-c2ccc(-c3ccc(-c4cc5c(s4)-c4sc(-c6ccc(-c7ccc(-c8ccc(CC(CC)CCCC)s8)s7)c7nsnc67)cc4[Si]5(CC(CC)CCCC)CC(CC)CCCC)c4nsnc34)s2)s1.CCCCC(CC)Cc1ccc(-c2ccc(-c3ccc(Br)c4nsnc34)s2)s1. The van der Waals surface area contributed by atoms with Gasteiger partial charge in [0.25, 0.3) is 0 Å². The van der Waals surface area contributed by atoms with E-state index >= 15 is 0 Å². The van der Waals surface area contributed by atoms with Crippen LogP contribution in [0.3, 0.4) is 0 Å². The first-order chi connectivity index (χ1) is 68.6. The molecule has 7 atom stereocenters. The molecular formula is C118H153BrN6S13Si2Sn. The number of aromatic nitrogens is 6. The third kappa shape index (κ3) is 25.2. The van der Waals surface area contributed by atoms with E-state index in [0.29, 0.717) is 11.8 Å². The first-order valence-electron chi connectivity index (χ1n) is 54.2. The van der Waals surface area contributed by atoms with Gasteiger partial charge in [-0.2, -0.15) is 26.2 Å². The van der Waals surface area contributed by atoms with Crippen molar-refractivity contribution >= 4 is 256 Å². The summed E-state index contributed by atoms with van der Waals surface area (Å²) in [4.78, 5) is 35.1. The van der Waals surface area contributed by atoms with Gasteiger partial charge in [-0.15, -0.1) is 90.7 Å². The third-order valence-electron chi connectivity index (χ3n) is 31.1. The van der Waals surface area contributed by atoms with Gasteiger partial charge in [-0.25, -0.2) is 0 Å². The minimum Gasteiger partial charge on any atom is -0.172 e. The maximum atomic E-state index is 5.14. The number of unbranched alkanes of at least 4 members (excludes halogenated alkanes) is 7. The molecule has 13 aromatic heterocycles. The van der Waals surface area contributed by atoms with E-state index in [1.807, 2.05) is 104 Å². The molecule has 0 radical (unpaired) electrons. The molecule has 141 heavy (non-hydrogen) atoms. The minimum absolute atomic E-state index is 0.708. The van der Waals surface area contributed by atoms with Gasteiger partial charge in [0.15, 0.2) is 0 Å². The average molecular weight is 2330 g/mol.